The molecule has 1 saturated heterocycles. The Bertz CT molecular complexity index is 522. The lowest BCUT2D eigenvalue weighted by atomic mass is 9.87. The van der Waals surface area contributed by atoms with E-state index in [1.807, 2.05) is 27.7 Å². The molecule has 2 aliphatic rings. The lowest BCUT2D eigenvalue weighted by molar-refractivity contribution is -0.124. The van der Waals surface area contributed by atoms with Crippen molar-refractivity contribution in [1.29, 1.82) is 0 Å². The average molecular weight is 408 g/mol. The molecule has 2 unspecified atom stereocenters. The predicted molar refractivity (Wildman–Crippen MR) is 123 cm³/mol. The lowest BCUT2D eigenvalue weighted by Gasteiger charge is -2.42. The molecule has 5 heteroatoms. The first kappa shape index (κ1) is 25.7. The van der Waals surface area contributed by atoms with Crippen LogP contribution in [-0.2, 0) is 9.53 Å². The quantitative estimate of drug-likeness (QED) is 0.530. The van der Waals surface area contributed by atoms with Crippen molar-refractivity contribution in [3.05, 3.63) is 24.0 Å². The summed E-state index contributed by atoms with van der Waals surface area (Å²) in [6.45, 7) is 16.2. The number of rotatable bonds is 11. The number of likely N-dealkylation sites (tertiary alicyclic amines) is 1. The van der Waals surface area contributed by atoms with Crippen LogP contribution in [0.3, 0.4) is 0 Å². The number of hydrogen-bond acceptors (Lipinski definition) is 4. The molecular weight excluding hydrogens is 362 g/mol. The largest absolute Gasteiger partial charge is 0.494 e. The summed E-state index contributed by atoms with van der Waals surface area (Å²) in [5.74, 6) is 2.93. The van der Waals surface area contributed by atoms with Gasteiger partial charge >= 0.3 is 0 Å². The fourth-order valence-corrected chi connectivity index (χ4v) is 3.58. The van der Waals surface area contributed by atoms with Crippen molar-refractivity contribution in [2.45, 2.75) is 47.5 Å². The third kappa shape index (κ3) is 9.81. The van der Waals surface area contributed by atoms with E-state index in [1.165, 1.54) is 6.42 Å². The molecule has 0 saturated carbocycles. The number of allylic oxidation sites excluding steroid dienone is 2. The minimum absolute atomic E-state index is 0.0746. The summed E-state index contributed by atoms with van der Waals surface area (Å²) >= 11 is 0. The van der Waals surface area contributed by atoms with Gasteiger partial charge in [-0.1, -0.05) is 40.7 Å². The average Bonchev–Trinajstić information content (AvgIpc) is 2.65. The van der Waals surface area contributed by atoms with Crippen molar-refractivity contribution in [3.8, 4) is 0 Å². The second-order valence-corrected chi connectivity index (χ2v) is 8.79. The maximum Gasteiger partial charge on any atom is 0.222 e. The number of nitrogens with one attached hydrogen (secondary N) is 1. The van der Waals surface area contributed by atoms with Crippen molar-refractivity contribution in [1.82, 2.24) is 15.1 Å². The first-order valence-corrected chi connectivity index (χ1v) is 11.5. The number of amides is 1. The van der Waals surface area contributed by atoms with Gasteiger partial charge in [0.05, 0.1) is 6.61 Å². The number of carbonyl (C=O) groups is 1. The Morgan fingerprint density at radius 2 is 1.97 bits per heavy atom. The monoisotopic (exact) mass is 407 g/mol. The fraction of sp³-hybridized carbons (Fsp3) is 0.792. The van der Waals surface area contributed by atoms with E-state index in [9.17, 15) is 4.79 Å². The van der Waals surface area contributed by atoms with Gasteiger partial charge in [-0.3, -0.25) is 4.79 Å². The van der Waals surface area contributed by atoms with E-state index in [2.05, 4.69) is 54.4 Å². The van der Waals surface area contributed by atoms with Gasteiger partial charge in [-0.15, -0.1) is 0 Å². The van der Waals surface area contributed by atoms with Gasteiger partial charge in [0.1, 0.15) is 5.76 Å². The topological polar surface area (TPSA) is 44.8 Å². The van der Waals surface area contributed by atoms with Crippen molar-refractivity contribution < 1.29 is 9.53 Å². The molecule has 0 aromatic heterocycles. The van der Waals surface area contributed by atoms with Crippen molar-refractivity contribution in [2.75, 3.05) is 53.4 Å². The van der Waals surface area contributed by atoms with E-state index in [4.69, 9.17) is 4.74 Å². The third-order valence-electron chi connectivity index (χ3n) is 5.47. The summed E-state index contributed by atoms with van der Waals surface area (Å²) in [6, 6.07) is 0. The van der Waals surface area contributed by atoms with Crippen LogP contribution in [0.1, 0.15) is 47.5 Å². The van der Waals surface area contributed by atoms with Crippen molar-refractivity contribution >= 4 is 5.91 Å². The van der Waals surface area contributed by atoms with Crippen LogP contribution in [0.4, 0.5) is 0 Å². The van der Waals surface area contributed by atoms with Gasteiger partial charge in [-0.05, 0) is 57.5 Å². The molecular formula is C24H45N3O2. The number of nitrogens with zero attached hydrogens (tertiary/aromatic N) is 2. The molecule has 1 heterocycles. The molecule has 0 aromatic rings. The van der Waals surface area contributed by atoms with E-state index in [0.717, 1.165) is 51.5 Å². The Morgan fingerprint density at radius 1 is 1.28 bits per heavy atom. The number of ether oxygens (including phenoxy) is 1. The molecule has 0 radical (unpaired) electrons. The summed E-state index contributed by atoms with van der Waals surface area (Å²) in [4.78, 5) is 16.4. The third-order valence-corrected chi connectivity index (χ3v) is 5.47. The SMILES string of the molecule is CC.CC(C)C(=O)NCC1CN(CC2C=CC(OCCCCN(C)C)=CC2C)C1. The lowest BCUT2D eigenvalue weighted by Crippen LogP contribution is -2.53. The zero-order chi connectivity index (χ0) is 21.8. The van der Waals surface area contributed by atoms with Crippen molar-refractivity contribution in [3.63, 3.8) is 0 Å². The smallest absolute Gasteiger partial charge is 0.222 e. The molecule has 0 bridgehead atoms. The van der Waals surface area contributed by atoms with Crippen LogP contribution in [0.25, 0.3) is 0 Å². The standard InChI is InChI=1S/C22H39N3O2.C2H6/c1-17(2)22(26)23-13-19-14-25(15-19)16-20-8-9-21(12-18(20)3)27-11-7-6-10-24(4)5;1-2/h8-9,12,17-20H,6-7,10-11,13-16H2,1-5H3,(H,23,26);1-2H3. The molecule has 1 fully saturated rings. The highest BCUT2D eigenvalue weighted by atomic mass is 16.5. The molecule has 1 N–H and O–H groups in total. The van der Waals surface area contributed by atoms with Gasteiger partial charge in [-0.25, -0.2) is 0 Å². The van der Waals surface area contributed by atoms with E-state index < -0.39 is 0 Å². The highest BCUT2D eigenvalue weighted by Crippen LogP contribution is 2.27. The van der Waals surface area contributed by atoms with E-state index in [1.54, 1.807) is 0 Å². The molecule has 0 aromatic carbocycles. The maximum absolute atomic E-state index is 11.6. The number of unbranched alkanes of at least 4 members (excludes halogenated alkanes) is 1. The Labute approximate surface area is 179 Å². The van der Waals surface area contributed by atoms with Crippen LogP contribution in [-0.4, -0.2) is 69.1 Å². The van der Waals surface area contributed by atoms with Gasteiger partial charge in [0.2, 0.25) is 5.91 Å². The van der Waals surface area contributed by atoms with Crippen LogP contribution in [0.5, 0.6) is 0 Å². The second-order valence-electron chi connectivity index (χ2n) is 8.79. The maximum atomic E-state index is 11.6. The Kier molecular flexibility index (Phi) is 12.2. The molecule has 2 rings (SSSR count). The van der Waals surface area contributed by atoms with Gasteiger partial charge in [0, 0.05) is 38.0 Å². The highest BCUT2D eigenvalue weighted by Gasteiger charge is 2.30. The minimum atomic E-state index is 0.0746. The normalized spacial score (nSPS) is 22.0. The Hall–Kier alpha value is -1.33. The van der Waals surface area contributed by atoms with Gasteiger partial charge < -0.3 is 19.9 Å². The first-order chi connectivity index (χ1) is 13.8. The fourth-order valence-electron chi connectivity index (χ4n) is 3.58. The molecule has 1 aliphatic carbocycles. The Morgan fingerprint density at radius 3 is 2.55 bits per heavy atom. The molecule has 5 nitrogen and oxygen atoms in total. The molecule has 1 amide bonds. The molecule has 1 aliphatic heterocycles. The van der Waals surface area contributed by atoms with E-state index in [-0.39, 0.29) is 11.8 Å². The Balaban J connectivity index is 0.00000204. The van der Waals surface area contributed by atoms with Crippen LogP contribution >= 0.6 is 0 Å². The highest BCUT2D eigenvalue weighted by molar-refractivity contribution is 5.77. The van der Waals surface area contributed by atoms with Crippen molar-refractivity contribution in [2.24, 2.45) is 23.7 Å². The van der Waals surface area contributed by atoms with Crippen LogP contribution in [0, 0.1) is 23.7 Å². The van der Waals surface area contributed by atoms with Gasteiger partial charge in [-0.2, -0.15) is 0 Å². The van der Waals surface area contributed by atoms with Crippen LogP contribution < -0.4 is 5.32 Å². The molecule has 29 heavy (non-hydrogen) atoms. The van der Waals surface area contributed by atoms with Gasteiger partial charge in [0.25, 0.3) is 0 Å². The number of carbonyl (C=O) groups excluding carboxylic acids is 1. The molecule has 2 atom stereocenters. The number of hydrogen-bond donors (Lipinski definition) is 1. The van der Waals surface area contributed by atoms with Gasteiger partial charge in [0.15, 0.2) is 0 Å². The summed E-state index contributed by atoms with van der Waals surface area (Å²) in [5, 5.41) is 3.05. The van der Waals surface area contributed by atoms with Crippen LogP contribution in [0.2, 0.25) is 0 Å². The zero-order valence-electron chi connectivity index (χ0n) is 19.9. The molecule has 0 spiro atoms. The van der Waals surface area contributed by atoms with E-state index >= 15 is 0 Å². The molecule has 168 valence electrons. The zero-order valence-corrected chi connectivity index (χ0v) is 19.9. The summed E-state index contributed by atoms with van der Waals surface area (Å²) in [7, 11) is 4.22. The predicted octanol–water partition coefficient (Wildman–Crippen LogP) is 3.78. The minimum Gasteiger partial charge on any atom is -0.494 e. The van der Waals surface area contributed by atoms with E-state index in [0.29, 0.717) is 17.8 Å². The summed E-state index contributed by atoms with van der Waals surface area (Å²) < 4.78 is 5.92. The van der Waals surface area contributed by atoms with Crippen LogP contribution in [0.15, 0.2) is 24.0 Å². The first-order valence-electron chi connectivity index (χ1n) is 11.5. The summed E-state index contributed by atoms with van der Waals surface area (Å²) in [6.07, 6.45) is 9.01. The second kappa shape index (κ2) is 13.8. The summed E-state index contributed by atoms with van der Waals surface area (Å²) in [5.41, 5.74) is 0.